The quantitative estimate of drug-likeness (QED) is 0.718. The molecule has 2 aliphatic rings. The van der Waals surface area contributed by atoms with Crippen molar-refractivity contribution in [3.05, 3.63) is 24.4 Å². The van der Waals surface area contributed by atoms with Crippen LogP contribution in [-0.4, -0.2) is 77.3 Å². The number of piperazine rings is 1. The van der Waals surface area contributed by atoms with Crippen molar-refractivity contribution < 1.29 is 14.1 Å². The fourth-order valence-electron chi connectivity index (χ4n) is 3.58. The number of hydrogen-bond acceptors (Lipinski definition) is 8. The second-order valence-corrected chi connectivity index (χ2v) is 7.02. The summed E-state index contributed by atoms with van der Waals surface area (Å²) in [4.78, 5) is 19.8. The molecule has 28 heavy (non-hydrogen) atoms. The van der Waals surface area contributed by atoms with Crippen molar-refractivity contribution in [2.75, 3.05) is 51.3 Å². The Morgan fingerprint density at radius 3 is 2.79 bits per heavy atom. The highest BCUT2D eigenvalue weighted by molar-refractivity contribution is 5.83. The molecule has 0 bridgehead atoms. The predicted octanol–water partition coefficient (Wildman–Crippen LogP) is 1.12. The molecule has 1 aromatic carbocycles. The maximum absolute atomic E-state index is 11.6. The van der Waals surface area contributed by atoms with E-state index in [1.54, 1.807) is 4.90 Å². The van der Waals surface area contributed by atoms with Crippen LogP contribution in [0.1, 0.15) is 6.04 Å². The Balaban J connectivity index is 1.35. The highest BCUT2D eigenvalue weighted by Gasteiger charge is 2.25. The molecule has 5 rings (SSSR count). The Labute approximate surface area is 161 Å². The van der Waals surface area contributed by atoms with Crippen LogP contribution >= 0.6 is 0 Å². The Kier molecular flexibility index (Phi) is 4.12. The maximum Gasteiger partial charge on any atom is 0.409 e. The molecule has 1 N–H and O–H groups in total. The van der Waals surface area contributed by atoms with Crippen molar-refractivity contribution in [1.82, 2.24) is 30.1 Å². The largest absolute Gasteiger partial charge is 0.453 e. The molecule has 0 atom stereocenters. The van der Waals surface area contributed by atoms with Crippen LogP contribution in [0, 0.1) is 0 Å². The lowest BCUT2D eigenvalue weighted by Crippen LogP contribution is -2.48. The van der Waals surface area contributed by atoms with Crippen LogP contribution in [0.25, 0.3) is 22.3 Å². The standard InChI is InChI=1S/C18H21N7O3/c1-27-18(26)24-6-4-23(5-7-24)17-21-16(22-28-17)12-2-3-13-9-20-25(15(13)8-12)14-10-19-11-14/h2-3,8-9,14,19H,4-7,10-11H2,1H3. The molecule has 1 amide bonds. The average Bonchev–Trinajstić information content (AvgIpc) is 3.34. The zero-order valence-corrected chi connectivity index (χ0v) is 15.5. The zero-order valence-electron chi connectivity index (χ0n) is 15.5. The minimum absolute atomic E-state index is 0.308. The van der Waals surface area contributed by atoms with Crippen LogP contribution in [-0.2, 0) is 4.74 Å². The number of nitrogens with zero attached hydrogens (tertiary/aromatic N) is 6. The van der Waals surface area contributed by atoms with Crippen molar-refractivity contribution in [2.24, 2.45) is 0 Å². The third-order valence-electron chi connectivity index (χ3n) is 5.36. The van der Waals surface area contributed by atoms with E-state index in [0.717, 1.165) is 29.6 Å². The summed E-state index contributed by atoms with van der Waals surface area (Å²) in [6.45, 7) is 4.24. The van der Waals surface area contributed by atoms with E-state index in [0.29, 0.717) is 44.1 Å². The summed E-state index contributed by atoms with van der Waals surface area (Å²) >= 11 is 0. The second-order valence-electron chi connectivity index (χ2n) is 7.02. The molecule has 2 aromatic heterocycles. The first kappa shape index (κ1) is 17.0. The lowest BCUT2D eigenvalue weighted by atomic mass is 10.1. The van der Waals surface area contributed by atoms with Gasteiger partial charge in [0.2, 0.25) is 5.82 Å². The van der Waals surface area contributed by atoms with Gasteiger partial charge in [-0.2, -0.15) is 10.1 Å². The van der Waals surface area contributed by atoms with Crippen LogP contribution in [0.2, 0.25) is 0 Å². The van der Waals surface area contributed by atoms with Gasteiger partial charge in [-0.3, -0.25) is 4.68 Å². The number of nitrogens with one attached hydrogen (secondary N) is 1. The number of benzene rings is 1. The Morgan fingerprint density at radius 1 is 1.25 bits per heavy atom. The number of amides is 1. The van der Waals surface area contributed by atoms with Crippen molar-refractivity contribution in [3.8, 4) is 11.4 Å². The SMILES string of the molecule is COC(=O)N1CCN(c2nc(-c3ccc4cnn(C5CNC5)c4c3)no2)CC1. The van der Waals surface area contributed by atoms with Crippen LogP contribution in [0.5, 0.6) is 0 Å². The van der Waals surface area contributed by atoms with E-state index in [2.05, 4.69) is 31.3 Å². The third kappa shape index (κ3) is 2.85. The van der Waals surface area contributed by atoms with E-state index < -0.39 is 0 Å². The lowest BCUT2D eigenvalue weighted by molar-refractivity contribution is 0.120. The zero-order chi connectivity index (χ0) is 19.1. The molecular weight excluding hydrogens is 362 g/mol. The number of rotatable bonds is 3. The Hall–Kier alpha value is -3.14. The summed E-state index contributed by atoms with van der Waals surface area (Å²) in [6.07, 6.45) is 1.58. The van der Waals surface area contributed by atoms with E-state index in [-0.39, 0.29) is 6.09 Å². The molecular formula is C18H21N7O3. The summed E-state index contributed by atoms with van der Waals surface area (Å²) in [6, 6.07) is 6.93. The minimum atomic E-state index is -0.308. The summed E-state index contributed by atoms with van der Waals surface area (Å²) in [7, 11) is 1.39. The molecule has 2 fully saturated rings. The van der Waals surface area contributed by atoms with E-state index in [9.17, 15) is 4.79 Å². The van der Waals surface area contributed by atoms with Gasteiger partial charge < -0.3 is 24.4 Å². The minimum Gasteiger partial charge on any atom is -0.453 e. The first-order valence-corrected chi connectivity index (χ1v) is 9.33. The molecule has 0 saturated carbocycles. The first-order chi connectivity index (χ1) is 13.7. The van der Waals surface area contributed by atoms with Gasteiger partial charge in [-0.15, -0.1) is 0 Å². The monoisotopic (exact) mass is 383 g/mol. The number of carbonyl (C=O) groups excluding carboxylic acids is 1. The predicted molar refractivity (Wildman–Crippen MR) is 101 cm³/mol. The van der Waals surface area contributed by atoms with E-state index >= 15 is 0 Å². The normalized spacial score (nSPS) is 17.8. The number of methoxy groups -OCH3 is 1. The highest BCUT2D eigenvalue weighted by atomic mass is 16.5. The number of aromatic nitrogens is 4. The molecule has 4 heterocycles. The molecule has 0 aliphatic carbocycles. The fraction of sp³-hybridized carbons (Fsp3) is 0.444. The maximum atomic E-state index is 11.6. The molecule has 10 nitrogen and oxygen atoms in total. The molecule has 3 aromatic rings. The smallest absolute Gasteiger partial charge is 0.409 e. The van der Waals surface area contributed by atoms with Crippen LogP contribution in [0.4, 0.5) is 10.8 Å². The summed E-state index contributed by atoms with van der Waals surface area (Å²) < 4.78 is 12.3. The second kappa shape index (κ2) is 6.79. The van der Waals surface area contributed by atoms with Gasteiger partial charge in [0, 0.05) is 50.2 Å². The number of carbonyl (C=O) groups is 1. The van der Waals surface area contributed by atoms with E-state index in [1.807, 2.05) is 23.2 Å². The molecule has 0 unspecified atom stereocenters. The van der Waals surface area contributed by atoms with Gasteiger partial charge in [-0.25, -0.2) is 4.79 Å². The molecule has 2 aliphatic heterocycles. The first-order valence-electron chi connectivity index (χ1n) is 9.33. The van der Waals surface area contributed by atoms with Crippen molar-refractivity contribution >= 4 is 23.0 Å². The van der Waals surface area contributed by atoms with Gasteiger partial charge in [0.15, 0.2) is 0 Å². The summed E-state index contributed by atoms with van der Waals surface area (Å²) in [5, 5.41) is 13.0. The lowest BCUT2D eigenvalue weighted by Gasteiger charge is -2.32. The fourth-order valence-corrected chi connectivity index (χ4v) is 3.58. The third-order valence-corrected chi connectivity index (χ3v) is 5.36. The van der Waals surface area contributed by atoms with Crippen LogP contribution in [0.15, 0.2) is 28.9 Å². The van der Waals surface area contributed by atoms with E-state index in [4.69, 9.17) is 9.26 Å². The van der Waals surface area contributed by atoms with Gasteiger partial charge in [-0.05, 0) is 6.07 Å². The van der Waals surface area contributed by atoms with Gasteiger partial charge in [-0.1, -0.05) is 17.3 Å². The number of ether oxygens (including phenoxy) is 1. The topological polar surface area (TPSA) is 102 Å². The highest BCUT2D eigenvalue weighted by Crippen LogP contribution is 2.27. The molecule has 146 valence electrons. The Morgan fingerprint density at radius 2 is 2.07 bits per heavy atom. The molecule has 10 heteroatoms. The number of hydrogen-bond donors (Lipinski definition) is 1. The van der Waals surface area contributed by atoms with E-state index in [1.165, 1.54) is 7.11 Å². The number of fused-ring (bicyclic) bond motifs is 1. The van der Waals surface area contributed by atoms with Crippen molar-refractivity contribution in [1.29, 1.82) is 0 Å². The number of anilines is 1. The molecule has 2 saturated heterocycles. The van der Waals surface area contributed by atoms with Crippen molar-refractivity contribution in [2.45, 2.75) is 6.04 Å². The van der Waals surface area contributed by atoms with Gasteiger partial charge >= 0.3 is 12.1 Å². The van der Waals surface area contributed by atoms with Gasteiger partial charge in [0.1, 0.15) is 0 Å². The molecule has 0 spiro atoms. The van der Waals surface area contributed by atoms with Gasteiger partial charge in [0.25, 0.3) is 0 Å². The Bertz CT molecular complexity index is 1000. The molecule has 0 radical (unpaired) electrons. The van der Waals surface area contributed by atoms with Crippen molar-refractivity contribution in [3.63, 3.8) is 0 Å². The van der Waals surface area contributed by atoms with Gasteiger partial charge in [0.05, 0.1) is 24.9 Å². The summed E-state index contributed by atoms with van der Waals surface area (Å²) in [5.74, 6) is 0.548. The summed E-state index contributed by atoms with van der Waals surface area (Å²) in [5.41, 5.74) is 1.96. The van der Waals surface area contributed by atoms with Crippen LogP contribution < -0.4 is 10.2 Å². The van der Waals surface area contributed by atoms with Crippen LogP contribution in [0.3, 0.4) is 0 Å². The average molecular weight is 383 g/mol.